The molecule has 0 fully saturated rings. The zero-order valence-electron chi connectivity index (χ0n) is 13.7. The molecule has 0 spiro atoms. The predicted molar refractivity (Wildman–Crippen MR) is 95.7 cm³/mol. The van der Waals surface area contributed by atoms with Gasteiger partial charge in [-0.1, -0.05) is 29.8 Å². The molecule has 3 rings (SSSR count). The van der Waals surface area contributed by atoms with Gasteiger partial charge in [-0.15, -0.1) is 0 Å². The van der Waals surface area contributed by atoms with Crippen LogP contribution in [0.15, 0.2) is 53.4 Å². The molecule has 0 aliphatic rings. The van der Waals surface area contributed by atoms with Crippen molar-refractivity contribution < 1.29 is 23.1 Å². The number of rotatable bonds is 6. The van der Waals surface area contributed by atoms with E-state index in [9.17, 15) is 13.2 Å². The summed E-state index contributed by atoms with van der Waals surface area (Å²) in [6.07, 6.45) is -1.09. The van der Waals surface area contributed by atoms with E-state index >= 15 is 0 Å². The molecule has 0 radical (unpaired) electrons. The number of hydrogen-bond donors (Lipinski definition) is 1. The maximum Gasteiger partial charge on any atom is 0.332 e. The van der Waals surface area contributed by atoms with Gasteiger partial charge < -0.3 is 9.84 Å². The van der Waals surface area contributed by atoms with Crippen molar-refractivity contribution in [1.29, 1.82) is 0 Å². The van der Waals surface area contributed by atoms with E-state index in [1.165, 1.54) is 31.2 Å². The highest BCUT2D eigenvalue weighted by molar-refractivity contribution is 7.90. The van der Waals surface area contributed by atoms with E-state index in [2.05, 4.69) is 4.98 Å². The Morgan fingerprint density at radius 1 is 1.27 bits per heavy atom. The van der Waals surface area contributed by atoms with Crippen LogP contribution in [-0.2, 0) is 26.2 Å². The number of aromatic nitrogens is 2. The fraction of sp³-hybridized carbons (Fsp3) is 0.176. The van der Waals surface area contributed by atoms with Gasteiger partial charge in [0.2, 0.25) is 0 Å². The number of carboxylic acids is 1. The minimum absolute atomic E-state index is 0.0972. The molecule has 2 aromatic heterocycles. The lowest BCUT2D eigenvalue weighted by Crippen LogP contribution is -2.22. The van der Waals surface area contributed by atoms with Gasteiger partial charge in [-0.25, -0.2) is 22.2 Å². The Balaban J connectivity index is 2.15. The number of carboxylic acid groups (broad SMARTS) is 1. The van der Waals surface area contributed by atoms with Crippen molar-refractivity contribution in [2.24, 2.45) is 0 Å². The number of halogens is 1. The van der Waals surface area contributed by atoms with Crippen LogP contribution in [0.25, 0.3) is 11.0 Å². The highest BCUT2D eigenvalue weighted by Gasteiger charge is 2.24. The van der Waals surface area contributed by atoms with Crippen molar-refractivity contribution >= 4 is 38.6 Å². The molecule has 0 amide bonds. The van der Waals surface area contributed by atoms with Crippen molar-refractivity contribution in [2.75, 3.05) is 0 Å². The molecule has 1 atom stereocenters. The Labute approximate surface area is 154 Å². The molecule has 0 unspecified atom stereocenters. The van der Waals surface area contributed by atoms with E-state index in [0.29, 0.717) is 11.0 Å². The molecule has 0 aliphatic heterocycles. The fourth-order valence-electron chi connectivity index (χ4n) is 2.46. The van der Waals surface area contributed by atoms with Gasteiger partial charge >= 0.3 is 5.97 Å². The van der Waals surface area contributed by atoms with E-state index < -0.39 is 22.1 Å². The standard InChI is InChI=1S/C17H15ClN2O5S/c1-11(17(21)22)25-10-12-9-14-15(7-8-16(18)19-14)20(12)26(23,24)13-5-3-2-4-6-13/h2-9,11H,10H2,1H3,(H,21,22)/t11-/m1/s1. The minimum atomic E-state index is -3.93. The summed E-state index contributed by atoms with van der Waals surface area (Å²) in [6.45, 7) is 1.16. The van der Waals surface area contributed by atoms with Crippen LogP contribution >= 0.6 is 11.6 Å². The van der Waals surface area contributed by atoms with E-state index in [4.69, 9.17) is 21.4 Å². The molecule has 0 aliphatic carbocycles. The van der Waals surface area contributed by atoms with Crippen LogP contribution in [0.5, 0.6) is 0 Å². The summed E-state index contributed by atoms with van der Waals surface area (Å²) in [6, 6.07) is 12.5. The summed E-state index contributed by atoms with van der Waals surface area (Å²) in [5.74, 6) is -1.14. The number of hydrogen-bond acceptors (Lipinski definition) is 5. The average Bonchev–Trinajstić information content (AvgIpc) is 2.98. The number of pyridine rings is 1. The van der Waals surface area contributed by atoms with Crippen molar-refractivity contribution in [1.82, 2.24) is 8.96 Å². The Morgan fingerprint density at radius 2 is 1.96 bits per heavy atom. The molecule has 2 heterocycles. The SMILES string of the molecule is C[C@@H](OCc1cc2nc(Cl)ccc2n1S(=O)(=O)c1ccccc1)C(=O)O. The molecular weight excluding hydrogens is 380 g/mol. The van der Waals surface area contributed by atoms with Crippen LogP contribution in [0.2, 0.25) is 5.15 Å². The topological polar surface area (TPSA) is 98.5 Å². The number of nitrogens with zero attached hydrogens (tertiary/aromatic N) is 2. The van der Waals surface area contributed by atoms with Crippen molar-refractivity contribution in [3.8, 4) is 0 Å². The Kier molecular flexibility index (Phi) is 4.99. The van der Waals surface area contributed by atoms with E-state index in [1.807, 2.05) is 0 Å². The zero-order valence-corrected chi connectivity index (χ0v) is 15.2. The van der Waals surface area contributed by atoms with Gasteiger partial charge in [0, 0.05) is 0 Å². The van der Waals surface area contributed by atoms with Gasteiger partial charge in [-0.05, 0) is 37.3 Å². The third-order valence-corrected chi connectivity index (χ3v) is 5.75. The summed E-state index contributed by atoms with van der Waals surface area (Å²) in [7, 11) is -3.93. The van der Waals surface area contributed by atoms with E-state index in [1.54, 1.807) is 24.3 Å². The zero-order chi connectivity index (χ0) is 18.9. The monoisotopic (exact) mass is 394 g/mol. The Bertz CT molecular complexity index is 1060. The highest BCUT2D eigenvalue weighted by Crippen LogP contribution is 2.26. The van der Waals surface area contributed by atoms with Gasteiger partial charge in [-0.3, -0.25) is 0 Å². The first-order valence-corrected chi connectivity index (χ1v) is 9.44. The smallest absolute Gasteiger partial charge is 0.332 e. The number of carbonyl (C=O) groups is 1. The lowest BCUT2D eigenvalue weighted by Gasteiger charge is -2.13. The molecule has 26 heavy (non-hydrogen) atoms. The average molecular weight is 395 g/mol. The Morgan fingerprint density at radius 3 is 2.62 bits per heavy atom. The second-order valence-corrected chi connectivity index (χ2v) is 7.72. The van der Waals surface area contributed by atoms with Gasteiger partial charge in [-0.2, -0.15) is 0 Å². The van der Waals surface area contributed by atoms with Gasteiger partial charge in [0.15, 0.2) is 6.10 Å². The number of ether oxygens (including phenoxy) is 1. The molecule has 0 bridgehead atoms. The molecule has 1 aromatic carbocycles. The largest absolute Gasteiger partial charge is 0.479 e. The van der Waals surface area contributed by atoms with Crippen molar-refractivity contribution in [3.63, 3.8) is 0 Å². The first-order chi connectivity index (χ1) is 12.3. The summed E-state index contributed by atoms with van der Waals surface area (Å²) in [4.78, 5) is 15.2. The molecule has 9 heteroatoms. The lowest BCUT2D eigenvalue weighted by atomic mass is 10.4. The third kappa shape index (κ3) is 3.44. The lowest BCUT2D eigenvalue weighted by molar-refractivity contribution is -0.149. The van der Waals surface area contributed by atoms with Crippen molar-refractivity contribution in [3.05, 3.63) is 59.4 Å². The normalized spacial score (nSPS) is 13.0. The minimum Gasteiger partial charge on any atom is -0.479 e. The maximum atomic E-state index is 13.1. The molecule has 7 nitrogen and oxygen atoms in total. The number of fused-ring (bicyclic) bond motifs is 1. The maximum absolute atomic E-state index is 13.1. The molecule has 3 aromatic rings. The second-order valence-electron chi connectivity index (χ2n) is 5.55. The second kappa shape index (κ2) is 7.06. The third-order valence-electron chi connectivity index (χ3n) is 3.76. The van der Waals surface area contributed by atoms with Gasteiger partial charge in [0.25, 0.3) is 10.0 Å². The van der Waals surface area contributed by atoms with Crippen molar-refractivity contribution in [2.45, 2.75) is 24.5 Å². The van der Waals surface area contributed by atoms with Gasteiger partial charge in [0.05, 0.1) is 28.2 Å². The van der Waals surface area contributed by atoms with Crippen LogP contribution < -0.4 is 0 Å². The van der Waals surface area contributed by atoms with Crippen LogP contribution in [0, 0.1) is 0 Å². The first kappa shape index (κ1) is 18.4. The molecule has 0 saturated heterocycles. The number of aliphatic carboxylic acids is 1. The van der Waals surface area contributed by atoms with Crippen LogP contribution in [0.4, 0.5) is 0 Å². The summed E-state index contributed by atoms with van der Waals surface area (Å²) >= 11 is 5.90. The quantitative estimate of drug-likeness (QED) is 0.645. The molecular formula is C17H15ClN2O5S. The summed E-state index contributed by atoms with van der Waals surface area (Å²) in [5.41, 5.74) is 0.963. The van der Waals surface area contributed by atoms with E-state index in [-0.39, 0.29) is 22.3 Å². The fourth-order valence-corrected chi connectivity index (χ4v) is 4.15. The molecule has 136 valence electrons. The number of benzene rings is 1. The molecule has 0 saturated carbocycles. The molecule has 1 N–H and O–H groups in total. The predicted octanol–water partition coefficient (Wildman–Crippen LogP) is 2.92. The first-order valence-electron chi connectivity index (χ1n) is 7.62. The Hall–Kier alpha value is -2.42. The summed E-state index contributed by atoms with van der Waals surface area (Å²) < 4.78 is 32.6. The van der Waals surface area contributed by atoms with Crippen LogP contribution in [0.1, 0.15) is 12.6 Å². The van der Waals surface area contributed by atoms with Gasteiger partial charge in [0.1, 0.15) is 5.15 Å². The summed E-state index contributed by atoms with van der Waals surface area (Å²) in [5, 5.41) is 9.18. The van der Waals surface area contributed by atoms with Crippen LogP contribution in [-0.4, -0.2) is 34.6 Å². The highest BCUT2D eigenvalue weighted by atomic mass is 35.5. The van der Waals surface area contributed by atoms with Crippen LogP contribution in [0.3, 0.4) is 0 Å². The van der Waals surface area contributed by atoms with E-state index in [0.717, 1.165) is 3.97 Å².